The van der Waals surface area contributed by atoms with E-state index in [9.17, 15) is 13.2 Å². The number of carbonyl (C=O) groups is 1. The van der Waals surface area contributed by atoms with E-state index >= 15 is 0 Å². The second-order valence-electron chi connectivity index (χ2n) is 7.30. The molecule has 0 radical (unpaired) electrons. The van der Waals surface area contributed by atoms with Gasteiger partial charge >= 0.3 is 0 Å². The Balaban J connectivity index is 1.43. The van der Waals surface area contributed by atoms with Gasteiger partial charge in [0.25, 0.3) is 5.91 Å². The molecule has 29 heavy (non-hydrogen) atoms. The number of benzene rings is 2. The first-order chi connectivity index (χ1) is 14.0. The second kappa shape index (κ2) is 10.4. The largest absolute Gasteiger partial charge is 0.484 e. The molecule has 7 heteroatoms. The zero-order valence-corrected chi connectivity index (χ0v) is 17.3. The number of ether oxygens (including phenoxy) is 1. The Morgan fingerprint density at radius 1 is 0.966 bits per heavy atom. The molecule has 0 aliphatic heterocycles. The molecule has 1 saturated carbocycles. The highest BCUT2D eigenvalue weighted by Crippen LogP contribution is 2.21. The van der Waals surface area contributed by atoms with Gasteiger partial charge in [-0.2, -0.15) is 0 Å². The van der Waals surface area contributed by atoms with Crippen molar-refractivity contribution in [3.8, 4) is 5.75 Å². The van der Waals surface area contributed by atoms with Gasteiger partial charge in [0, 0.05) is 12.6 Å². The van der Waals surface area contributed by atoms with Gasteiger partial charge in [-0.1, -0.05) is 49.6 Å². The highest BCUT2D eigenvalue weighted by atomic mass is 32.2. The van der Waals surface area contributed by atoms with Gasteiger partial charge in [-0.05, 0) is 49.1 Å². The molecule has 0 spiro atoms. The third kappa shape index (κ3) is 6.87. The number of sulfonamides is 1. The fourth-order valence-electron chi connectivity index (χ4n) is 3.41. The van der Waals surface area contributed by atoms with Gasteiger partial charge in [0.15, 0.2) is 6.61 Å². The average Bonchev–Trinajstić information content (AvgIpc) is 2.74. The van der Waals surface area contributed by atoms with E-state index in [4.69, 9.17) is 4.74 Å². The van der Waals surface area contributed by atoms with E-state index in [-0.39, 0.29) is 23.5 Å². The van der Waals surface area contributed by atoms with E-state index in [1.807, 2.05) is 30.3 Å². The number of amides is 1. The Morgan fingerprint density at radius 3 is 2.34 bits per heavy atom. The Hall–Kier alpha value is -2.38. The molecule has 3 rings (SSSR count). The van der Waals surface area contributed by atoms with Crippen LogP contribution in [0.2, 0.25) is 0 Å². The van der Waals surface area contributed by atoms with Crippen molar-refractivity contribution in [2.45, 2.75) is 49.5 Å². The lowest BCUT2D eigenvalue weighted by molar-refractivity contribution is -0.123. The number of hydrogen-bond acceptors (Lipinski definition) is 4. The van der Waals surface area contributed by atoms with Crippen molar-refractivity contribution in [3.05, 3.63) is 60.2 Å². The van der Waals surface area contributed by atoms with Crippen LogP contribution in [-0.2, 0) is 21.2 Å². The lowest BCUT2D eigenvalue weighted by Gasteiger charge is -2.22. The SMILES string of the molecule is O=C(COc1ccc(S(=O)(=O)NC2CCCCC2)cc1)NCCc1ccccc1. The lowest BCUT2D eigenvalue weighted by Crippen LogP contribution is -2.36. The van der Waals surface area contributed by atoms with Crippen molar-refractivity contribution in [3.63, 3.8) is 0 Å². The number of carbonyl (C=O) groups excluding carboxylic acids is 1. The van der Waals surface area contributed by atoms with E-state index in [0.29, 0.717) is 12.3 Å². The summed E-state index contributed by atoms with van der Waals surface area (Å²) in [6.07, 6.45) is 5.83. The maximum absolute atomic E-state index is 12.5. The molecule has 1 aliphatic rings. The third-order valence-electron chi connectivity index (χ3n) is 5.01. The molecule has 0 aromatic heterocycles. The van der Waals surface area contributed by atoms with Crippen LogP contribution in [-0.4, -0.2) is 33.5 Å². The minimum absolute atomic E-state index is 0.0178. The van der Waals surface area contributed by atoms with E-state index in [1.54, 1.807) is 12.1 Å². The minimum atomic E-state index is -3.53. The van der Waals surface area contributed by atoms with E-state index < -0.39 is 10.0 Å². The Labute approximate surface area is 172 Å². The van der Waals surface area contributed by atoms with Crippen molar-refractivity contribution in [2.24, 2.45) is 0 Å². The molecule has 2 aromatic carbocycles. The first kappa shape index (κ1) is 21.3. The predicted octanol–water partition coefficient (Wildman–Crippen LogP) is 3.04. The van der Waals surface area contributed by atoms with Crippen molar-refractivity contribution >= 4 is 15.9 Å². The van der Waals surface area contributed by atoms with E-state index in [0.717, 1.165) is 37.7 Å². The van der Waals surface area contributed by atoms with Crippen LogP contribution < -0.4 is 14.8 Å². The standard InChI is InChI=1S/C22H28N2O4S/c25-22(23-16-15-18-7-3-1-4-8-18)17-28-20-11-13-21(14-12-20)29(26,27)24-19-9-5-2-6-10-19/h1,3-4,7-8,11-14,19,24H,2,5-6,9-10,15-17H2,(H,23,25). The monoisotopic (exact) mass is 416 g/mol. The summed E-state index contributed by atoms with van der Waals surface area (Å²) in [7, 11) is -3.53. The molecule has 0 unspecified atom stereocenters. The molecule has 0 heterocycles. The molecule has 1 amide bonds. The van der Waals surface area contributed by atoms with Crippen LogP contribution in [0.1, 0.15) is 37.7 Å². The van der Waals surface area contributed by atoms with Crippen molar-refractivity contribution < 1.29 is 17.9 Å². The van der Waals surface area contributed by atoms with Gasteiger partial charge in [0.05, 0.1) is 4.90 Å². The van der Waals surface area contributed by atoms with Crippen molar-refractivity contribution in [2.75, 3.05) is 13.2 Å². The van der Waals surface area contributed by atoms with Crippen LogP contribution >= 0.6 is 0 Å². The van der Waals surface area contributed by atoms with Crippen LogP contribution in [0.15, 0.2) is 59.5 Å². The van der Waals surface area contributed by atoms with Crippen molar-refractivity contribution in [1.82, 2.24) is 10.0 Å². The molecule has 1 aliphatic carbocycles. The topological polar surface area (TPSA) is 84.5 Å². The summed E-state index contributed by atoms with van der Waals surface area (Å²) in [6, 6.07) is 16.1. The molecular formula is C22H28N2O4S. The second-order valence-corrected chi connectivity index (χ2v) is 9.02. The molecule has 2 aromatic rings. The minimum Gasteiger partial charge on any atom is -0.484 e. The maximum atomic E-state index is 12.5. The van der Waals surface area contributed by atoms with E-state index in [2.05, 4.69) is 10.0 Å². The van der Waals surface area contributed by atoms with Crippen LogP contribution in [0.3, 0.4) is 0 Å². The molecular weight excluding hydrogens is 388 g/mol. The van der Waals surface area contributed by atoms with Gasteiger partial charge in [-0.3, -0.25) is 4.79 Å². The van der Waals surface area contributed by atoms with Gasteiger partial charge in [-0.15, -0.1) is 0 Å². The van der Waals surface area contributed by atoms with Crippen LogP contribution in [0.25, 0.3) is 0 Å². The summed E-state index contributed by atoms with van der Waals surface area (Å²) in [5.74, 6) is 0.247. The highest BCUT2D eigenvalue weighted by molar-refractivity contribution is 7.89. The lowest BCUT2D eigenvalue weighted by atomic mass is 9.96. The molecule has 6 nitrogen and oxygen atoms in total. The summed E-state index contributed by atoms with van der Waals surface area (Å²) in [5, 5.41) is 2.81. The zero-order valence-electron chi connectivity index (χ0n) is 16.5. The third-order valence-corrected chi connectivity index (χ3v) is 6.55. The average molecular weight is 417 g/mol. The first-order valence-corrected chi connectivity index (χ1v) is 11.6. The van der Waals surface area contributed by atoms with Gasteiger partial charge in [0.2, 0.25) is 10.0 Å². The zero-order chi connectivity index (χ0) is 20.5. The number of nitrogens with one attached hydrogen (secondary N) is 2. The van der Waals surface area contributed by atoms with Gasteiger partial charge in [-0.25, -0.2) is 13.1 Å². The Kier molecular flexibility index (Phi) is 7.66. The summed E-state index contributed by atoms with van der Waals surface area (Å²) >= 11 is 0. The smallest absolute Gasteiger partial charge is 0.257 e. The Morgan fingerprint density at radius 2 is 1.66 bits per heavy atom. The van der Waals surface area contributed by atoms with Gasteiger partial charge < -0.3 is 10.1 Å². The molecule has 156 valence electrons. The number of hydrogen-bond donors (Lipinski definition) is 2. The summed E-state index contributed by atoms with van der Waals surface area (Å²) in [6.45, 7) is 0.428. The molecule has 0 atom stereocenters. The quantitative estimate of drug-likeness (QED) is 0.658. The molecule has 2 N–H and O–H groups in total. The predicted molar refractivity (Wildman–Crippen MR) is 112 cm³/mol. The first-order valence-electron chi connectivity index (χ1n) is 10.1. The highest BCUT2D eigenvalue weighted by Gasteiger charge is 2.21. The fourth-order valence-corrected chi connectivity index (χ4v) is 4.72. The molecule has 0 bridgehead atoms. The van der Waals surface area contributed by atoms with Crippen LogP contribution in [0, 0.1) is 0 Å². The molecule has 0 saturated heterocycles. The fraction of sp³-hybridized carbons (Fsp3) is 0.409. The van der Waals surface area contributed by atoms with Gasteiger partial charge in [0.1, 0.15) is 5.75 Å². The maximum Gasteiger partial charge on any atom is 0.257 e. The summed E-state index contributed by atoms with van der Waals surface area (Å²) in [5.41, 5.74) is 1.16. The summed E-state index contributed by atoms with van der Waals surface area (Å²) in [4.78, 5) is 12.1. The van der Waals surface area contributed by atoms with E-state index in [1.165, 1.54) is 18.6 Å². The van der Waals surface area contributed by atoms with Crippen LogP contribution in [0.5, 0.6) is 5.75 Å². The normalized spacial score (nSPS) is 15.0. The van der Waals surface area contributed by atoms with Crippen LogP contribution in [0.4, 0.5) is 0 Å². The Bertz CT molecular complexity index is 877. The summed E-state index contributed by atoms with van der Waals surface area (Å²) < 4.78 is 33.2. The van der Waals surface area contributed by atoms with Crippen molar-refractivity contribution in [1.29, 1.82) is 0 Å². The molecule has 1 fully saturated rings. The number of rotatable bonds is 9.